The molecule has 0 bridgehead atoms. The second kappa shape index (κ2) is 6.52. The van der Waals surface area contributed by atoms with Gasteiger partial charge >= 0.3 is 0 Å². The van der Waals surface area contributed by atoms with Crippen molar-refractivity contribution in [3.63, 3.8) is 0 Å². The number of rotatable bonds is 5. The molecule has 0 fully saturated rings. The van der Waals surface area contributed by atoms with E-state index in [1.807, 2.05) is 12.1 Å². The lowest BCUT2D eigenvalue weighted by molar-refractivity contribution is 0.755. The molecule has 2 aromatic heterocycles. The van der Waals surface area contributed by atoms with Crippen molar-refractivity contribution in [2.45, 2.75) is 19.9 Å². The second-order valence-corrected chi connectivity index (χ2v) is 5.21. The summed E-state index contributed by atoms with van der Waals surface area (Å²) in [6.45, 7) is 3.55. The van der Waals surface area contributed by atoms with Gasteiger partial charge in [0.05, 0.1) is 6.54 Å². The first-order chi connectivity index (χ1) is 9.19. The van der Waals surface area contributed by atoms with E-state index < -0.39 is 0 Å². The maximum absolute atomic E-state index is 11.7. The van der Waals surface area contributed by atoms with E-state index in [2.05, 4.69) is 33.2 Å². The highest BCUT2D eigenvalue weighted by Gasteiger charge is 2.01. The van der Waals surface area contributed by atoms with Crippen molar-refractivity contribution in [3.8, 4) is 0 Å². The molecular weight excluding hydrogens is 306 g/mol. The van der Waals surface area contributed by atoms with Gasteiger partial charge in [0, 0.05) is 29.5 Å². The topological polar surface area (TPSA) is 46.9 Å². The van der Waals surface area contributed by atoms with Crippen LogP contribution in [-0.4, -0.2) is 16.1 Å². The monoisotopic (exact) mass is 321 g/mol. The van der Waals surface area contributed by atoms with Crippen LogP contribution in [0.4, 0.5) is 5.82 Å². The lowest BCUT2D eigenvalue weighted by Gasteiger charge is -2.08. The molecule has 19 heavy (non-hydrogen) atoms. The summed E-state index contributed by atoms with van der Waals surface area (Å²) in [5.41, 5.74) is 1.04. The summed E-state index contributed by atoms with van der Waals surface area (Å²) >= 11 is 3.37. The molecule has 0 saturated carbocycles. The summed E-state index contributed by atoms with van der Waals surface area (Å²) in [7, 11) is 0. The Labute approximate surface area is 120 Å². The first kappa shape index (κ1) is 13.8. The van der Waals surface area contributed by atoms with Crippen molar-refractivity contribution in [2.24, 2.45) is 0 Å². The van der Waals surface area contributed by atoms with Gasteiger partial charge in [0.25, 0.3) is 5.56 Å². The number of halogens is 1. The zero-order valence-electron chi connectivity index (χ0n) is 10.8. The molecule has 0 aliphatic heterocycles. The van der Waals surface area contributed by atoms with E-state index in [0.29, 0.717) is 6.54 Å². The molecule has 0 atom stereocenters. The van der Waals surface area contributed by atoms with Gasteiger partial charge in [-0.15, -0.1) is 0 Å². The fourth-order valence-electron chi connectivity index (χ4n) is 1.74. The van der Waals surface area contributed by atoms with Crippen molar-refractivity contribution in [1.29, 1.82) is 0 Å². The second-order valence-electron chi connectivity index (χ2n) is 4.29. The predicted molar refractivity (Wildman–Crippen MR) is 80.5 cm³/mol. The largest absolute Gasteiger partial charge is 0.370 e. The number of hydrogen-bond donors (Lipinski definition) is 1. The number of hydrogen-bond acceptors (Lipinski definition) is 3. The molecule has 100 valence electrons. The zero-order chi connectivity index (χ0) is 13.7. The standard InChI is InChI=1S/C14H16BrN3O/c1-2-6-16-13-8-11(5-7-17-13)9-18-10-12(15)3-4-14(18)19/h3-5,7-8,10H,2,6,9H2,1H3,(H,16,17). The Kier molecular flexibility index (Phi) is 4.74. The number of aromatic nitrogens is 2. The van der Waals surface area contributed by atoms with Gasteiger partial charge in [-0.05, 0) is 46.1 Å². The molecule has 4 nitrogen and oxygen atoms in total. The van der Waals surface area contributed by atoms with E-state index in [0.717, 1.165) is 28.8 Å². The summed E-state index contributed by atoms with van der Waals surface area (Å²) in [4.78, 5) is 16.0. The average Bonchev–Trinajstić information content (AvgIpc) is 2.41. The normalized spacial score (nSPS) is 10.4. The Hall–Kier alpha value is -1.62. The SMILES string of the molecule is CCCNc1cc(Cn2cc(Br)ccc2=O)ccn1. The predicted octanol–water partition coefficient (Wildman–Crippen LogP) is 2.88. The molecule has 5 heteroatoms. The van der Waals surface area contributed by atoms with E-state index in [1.165, 1.54) is 0 Å². The number of nitrogens with one attached hydrogen (secondary N) is 1. The molecule has 0 aliphatic rings. The fourth-order valence-corrected chi connectivity index (χ4v) is 2.12. The van der Waals surface area contributed by atoms with Crippen LogP contribution in [0.5, 0.6) is 0 Å². The number of pyridine rings is 2. The summed E-state index contributed by atoms with van der Waals surface area (Å²) in [5.74, 6) is 0.849. The quantitative estimate of drug-likeness (QED) is 0.921. The Morgan fingerprint density at radius 2 is 2.21 bits per heavy atom. The fraction of sp³-hybridized carbons (Fsp3) is 0.286. The maximum Gasteiger partial charge on any atom is 0.250 e. The Balaban J connectivity index is 2.18. The van der Waals surface area contributed by atoms with E-state index >= 15 is 0 Å². The molecule has 2 rings (SSSR count). The highest BCUT2D eigenvalue weighted by atomic mass is 79.9. The molecule has 2 heterocycles. The summed E-state index contributed by atoms with van der Waals surface area (Å²) in [5, 5.41) is 3.24. The van der Waals surface area contributed by atoms with Gasteiger partial charge < -0.3 is 9.88 Å². The van der Waals surface area contributed by atoms with Gasteiger partial charge in [0.1, 0.15) is 5.82 Å². The zero-order valence-corrected chi connectivity index (χ0v) is 12.4. The Bertz CT molecular complexity index is 610. The van der Waals surface area contributed by atoms with Crippen LogP contribution < -0.4 is 10.9 Å². The van der Waals surface area contributed by atoms with Crippen molar-refractivity contribution in [3.05, 3.63) is 57.0 Å². The first-order valence-electron chi connectivity index (χ1n) is 6.24. The van der Waals surface area contributed by atoms with E-state index in [9.17, 15) is 4.79 Å². The molecule has 0 saturated heterocycles. The van der Waals surface area contributed by atoms with Crippen LogP contribution in [-0.2, 0) is 6.54 Å². The third-order valence-corrected chi connectivity index (χ3v) is 3.15. The Morgan fingerprint density at radius 3 is 3.00 bits per heavy atom. The van der Waals surface area contributed by atoms with E-state index in [4.69, 9.17) is 0 Å². The van der Waals surface area contributed by atoms with Crippen LogP contribution >= 0.6 is 15.9 Å². The molecule has 0 radical (unpaired) electrons. The van der Waals surface area contributed by atoms with Gasteiger partial charge in [-0.2, -0.15) is 0 Å². The van der Waals surface area contributed by atoms with Crippen LogP contribution in [0.15, 0.2) is 45.9 Å². The minimum Gasteiger partial charge on any atom is -0.370 e. The van der Waals surface area contributed by atoms with Crippen LogP contribution in [0.1, 0.15) is 18.9 Å². The summed E-state index contributed by atoms with van der Waals surface area (Å²) in [6, 6.07) is 7.20. The minimum absolute atomic E-state index is 0.0110. The summed E-state index contributed by atoms with van der Waals surface area (Å²) < 4.78 is 2.56. The van der Waals surface area contributed by atoms with E-state index in [1.54, 1.807) is 29.1 Å². The highest BCUT2D eigenvalue weighted by Crippen LogP contribution is 2.10. The van der Waals surface area contributed by atoms with E-state index in [-0.39, 0.29) is 5.56 Å². The van der Waals surface area contributed by atoms with Crippen molar-refractivity contribution >= 4 is 21.7 Å². The average molecular weight is 322 g/mol. The molecule has 0 aliphatic carbocycles. The van der Waals surface area contributed by atoms with Crippen molar-refractivity contribution in [2.75, 3.05) is 11.9 Å². The summed E-state index contributed by atoms with van der Waals surface area (Å²) in [6.07, 6.45) is 4.61. The van der Waals surface area contributed by atoms with Crippen molar-refractivity contribution in [1.82, 2.24) is 9.55 Å². The van der Waals surface area contributed by atoms with Crippen molar-refractivity contribution < 1.29 is 0 Å². The molecular formula is C14H16BrN3O. The molecule has 0 spiro atoms. The molecule has 0 aromatic carbocycles. The third kappa shape index (κ3) is 3.92. The van der Waals surface area contributed by atoms with Gasteiger partial charge in [-0.3, -0.25) is 4.79 Å². The van der Waals surface area contributed by atoms with Crippen LogP contribution in [0, 0.1) is 0 Å². The Morgan fingerprint density at radius 1 is 1.37 bits per heavy atom. The van der Waals surface area contributed by atoms with Crippen LogP contribution in [0.2, 0.25) is 0 Å². The highest BCUT2D eigenvalue weighted by molar-refractivity contribution is 9.10. The van der Waals surface area contributed by atoms with Gasteiger partial charge in [-0.1, -0.05) is 6.92 Å². The number of anilines is 1. The maximum atomic E-state index is 11.7. The van der Waals surface area contributed by atoms with Crippen LogP contribution in [0.25, 0.3) is 0 Å². The molecule has 2 aromatic rings. The molecule has 0 unspecified atom stereocenters. The van der Waals surface area contributed by atoms with Gasteiger partial charge in [-0.25, -0.2) is 4.98 Å². The van der Waals surface area contributed by atoms with Crippen LogP contribution in [0.3, 0.4) is 0 Å². The third-order valence-electron chi connectivity index (χ3n) is 2.68. The van der Waals surface area contributed by atoms with Gasteiger partial charge in [0.2, 0.25) is 0 Å². The van der Waals surface area contributed by atoms with Gasteiger partial charge in [0.15, 0.2) is 0 Å². The first-order valence-corrected chi connectivity index (χ1v) is 7.03. The lowest BCUT2D eigenvalue weighted by atomic mass is 10.2. The molecule has 0 amide bonds. The lowest BCUT2D eigenvalue weighted by Crippen LogP contribution is -2.18. The molecule has 1 N–H and O–H groups in total. The number of nitrogens with zero attached hydrogens (tertiary/aromatic N) is 2. The minimum atomic E-state index is -0.0110. The smallest absolute Gasteiger partial charge is 0.250 e.